The van der Waals surface area contributed by atoms with Gasteiger partial charge >= 0.3 is 6.03 Å². The minimum atomic E-state index is -0.933. The number of carbonyl (C=O) groups is 3. The van der Waals surface area contributed by atoms with Crippen LogP contribution < -0.4 is 19.7 Å². The summed E-state index contributed by atoms with van der Waals surface area (Å²) >= 11 is 0. The molecule has 0 unspecified atom stereocenters. The van der Waals surface area contributed by atoms with Gasteiger partial charge in [-0.3, -0.25) is 14.9 Å². The molecule has 3 aromatic carbocycles. The summed E-state index contributed by atoms with van der Waals surface area (Å²) in [5, 5.41) is 2.10. The number of barbiturate groups is 1. The number of nitrogens with one attached hydrogen (secondary N) is 1. The lowest BCUT2D eigenvalue weighted by molar-refractivity contribution is -0.122. The summed E-state index contributed by atoms with van der Waals surface area (Å²) in [7, 11) is 1.43. The van der Waals surface area contributed by atoms with Crippen LogP contribution in [0, 0.1) is 11.6 Å². The van der Waals surface area contributed by atoms with Gasteiger partial charge in [-0.25, -0.2) is 18.5 Å². The van der Waals surface area contributed by atoms with Crippen molar-refractivity contribution in [3.8, 4) is 11.5 Å². The standard InChI is InChI=1S/C25H18F2N2O5/c1-33-22-13-15(5-10-21(22)34-14-16-3-2-4-18(27)11-16)12-20-23(30)28-25(32)29(24(20)31)19-8-6-17(26)7-9-19/h2-13H,14H2,1H3,(H,28,30,32)/b20-12+. The molecule has 4 rings (SSSR count). The van der Waals surface area contributed by atoms with Crippen LogP contribution >= 0.6 is 0 Å². The zero-order valence-corrected chi connectivity index (χ0v) is 17.9. The van der Waals surface area contributed by atoms with Crippen molar-refractivity contribution >= 4 is 29.6 Å². The van der Waals surface area contributed by atoms with E-state index >= 15 is 0 Å². The molecule has 1 saturated heterocycles. The summed E-state index contributed by atoms with van der Waals surface area (Å²) in [5.74, 6) is -1.94. The Morgan fingerprint density at radius 1 is 0.912 bits per heavy atom. The highest BCUT2D eigenvalue weighted by Crippen LogP contribution is 2.30. The molecule has 3 aromatic rings. The number of hydrogen-bond acceptors (Lipinski definition) is 5. The number of hydrogen-bond donors (Lipinski definition) is 1. The van der Waals surface area contributed by atoms with Gasteiger partial charge in [-0.2, -0.15) is 0 Å². The molecule has 4 amide bonds. The number of amides is 4. The van der Waals surface area contributed by atoms with Crippen LogP contribution in [-0.2, 0) is 16.2 Å². The van der Waals surface area contributed by atoms with Gasteiger partial charge < -0.3 is 9.47 Å². The topological polar surface area (TPSA) is 84.9 Å². The third-order valence-corrected chi connectivity index (χ3v) is 4.97. The number of rotatable bonds is 6. The Balaban J connectivity index is 1.59. The number of carbonyl (C=O) groups excluding carboxylic acids is 3. The van der Waals surface area contributed by atoms with Crippen LogP contribution in [0.3, 0.4) is 0 Å². The lowest BCUT2D eigenvalue weighted by atomic mass is 10.1. The number of ether oxygens (including phenoxy) is 2. The van der Waals surface area contributed by atoms with Crippen molar-refractivity contribution in [3.05, 3.63) is 95.1 Å². The molecular weight excluding hydrogens is 446 g/mol. The van der Waals surface area contributed by atoms with Crippen molar-refractivity contribution in [3.63, 3.8) is 0 Å². The maximum Gasteiger partial charge on any atom is 0.335 e. The molecule has 0 saturated carbocycles. The number of anilines is 1. The lowest BCUT2D eigenvalue weighted by Crippen LogP contribution is -2.54. The molecule has 9 heteroatoms. The second kappa shape index (κ2) is 9.53. The van der Waals surface area contributed by atoms with Crippen LogP contribution in [0.25, 0.3) is 6.08 Å². The largest absolute Gasteiger partial charge is 0.493 e. The molecule has 0 bridgehead atoms. The van der Waals surface area contributed by atoms with Crippen molar-refractivity contribution in [2.45, 2.75) is 6.61 Å². The van der Waals surface area contributed by atoms with E-state index in [9.17, 15) is 23.2 Å². The molecule has 1 fully saturated rings. The molecule has 7 nitrogen and oxygen atoms in total. The summed E-state index contributed by atoms with van der Waals surface area (Å²) in [5.41, 5.74) is 0.880. The van der Waals surface area contributed by atoms with Crippen LogP contribution in [0.1, 0.15) is 11.1 Å². The van der Waals surface area contributed by atoms with Gasteiger partial charge in [-0.05, 0) is 65.7 Å². The fraction of sp³-hybridized carbons (Fsp3) is 0.0800. The molecule has 34 heavy (non-hydrogen) atoms. The van der Waals surface area contributed by atoms with Crippen molar-refractivity contribution in [1.82, 2.24) is 5.32 Å². The quantitative estimate of drug-likeness (QED) is 0.436. The fourth-order valence-electron chi connectivity index (χ4n) is 3.33. The predicted molar refractivity (Wildman–Crippen MR) is 119 cm³/mol. The predicted octanol–water partition coefficient (Wildman–Crippen LogP) is 4.22. The molecule has 0 aromatic heterocycles. The highest BCUT2D eigenvalue weighted by molar-refractivity contribution is 6.39. The Kier molecular flexibility index (Phi) is 6.35. The number of imide groups is 2. The number of methoxy groups -OCH3 is 1. The van der Waals surface area contributed by atoms with Gasteiger partial charge in [0.1, 0.15) is 23.8 Å². The van der Waals surface area contributed by atoms with Crippen molar-refractivity contribution < 1.29 is 32.6 Å². The van der Waals surface area contributed by atoms with Crippen LogP contribution in [0.5, 0.6) is 11.5 Å². The fourth-order valence-corrected chi connectivity index (χ4v) is 3.33. The van der Waals surface area contributed by atoms with Crippen LogP contribution in [0.2, 0.25) is 0 Å². The first-order chi connectivity index (χ1) is 16.4. The third-order valence-electron chi connectivity index (χ3n) is 4.97. The highest BCUT2D eigenvalue weighted by atomic mass is 19.1. The van der Waals surface area contributed by atoms with Crippen LogP contribution in [-0.4, -0.2) is 25.0 Å². The number of benzene rings is 3. The molecule has 0 radical (unpaired) electrons. The van der Waals surface area contributed by atoms with Gasteiger partial charge in [-0.1, -0.05) is 18.2 Å². The van der Waals surface area contributed by atoms with Crippen molar-refractivity contribution in [2.24, 2.45) is 0 Å². The van der Waals surface area contributed by atoms with Gasteiger partial charge in [0.2, 0.25) is 0 Å². The summed E-state index contributed by atoms with van der Waals surface area (Å²) in [6.07, 6.45) is 1.31. The highest BCUT2D eigenvalue weighted by Gasteiger charge is 2.36. The molecule has 1 N–H and O–H groups in total. The summed E-state index contributed by atoms with van der Waals surface area (Å²) in [6.45, 7) is 0.101. The van der Waals surface area contributed by atoms with E-state index in [0.717, 1.165) is 17.0 Å². The van der Waals surface area contributed by atoms with Crippen LogP contribution in [0.15, 0.2) is 72.3 Å². The van der Waals surface area contributed by atoms with E-state index in [1.54, 1.807) is 30.3 Å². The first kappa shape index (κ1) is 22.7. The normalized spacial score (nSPS) is 14.9. The maximum absolute atomic E-state index is 13.4. The first-order valence-electron chi connectivity index (χ1n) is 10.1. The number of nitrogens with zero attached hydrogens (tertiary/aromatic N) is 1. The Hall–Kier alpha value is -4.53. The van der Waals surface area contributed by atoms with Gasteiger partial charge in [0, 0.05) is 0 Å². The lowest BCUT2D eigenvalue weighted by Gasteiger charge is -2.26. The second-order valence-corrected chi connectivity index (χ2v) is 7.26. The maximum atomic E-state index is 13.4. The average Bonchev–Trinajstić information content (AvgIpc) is 2.82. The van der Waals surface area contributed by atoms with E-state index in [0.29, 0.717) is 22.6 Å². The Bertz CT molecular complexity index is 1300. The SMILES string of the molecule is COc1cc(/C=C2\C(=O)NC(=O)N(c3ccc(F)cc3)C2=O)ccc1OCc1cccc(F)c1. The first-order valence-corrected chi connectivity index (χ1v) is 10.1. The van der Waals surface area contributed by atoms with E-state index in [-0.39, 0.29) is 23.7 Å². The van der Waals surface area contributed by atoms with E-state index in [4.69, 9.17) is 9.47 Å². The van der Waals surface area contributed by atoms with E-state index in [1.165, 1.54) is 37.5 Å². The Labute approximate surface area is 193 Å². The van der Waals surface area contributed by atoms with E-state index in [1.807, 2.05) is 0 Å². The smallest absolute Gasteiger partial charge is 0.335 e. The van der Waals surface area contributed by atoms with E-state index < -0.39 is 23.7 Å². The summed E-state index contributed by atoms with van der Waals surface area (Å²) < 4.78 is 37.7. The minimum Gasteiger partial charge on any atom is -0.493 e. The van der Waals surface area contributed by atoms with Gasteiger partial charge in [0.15, 0.2) is 11.5 Å². The molecule has 1 heterocycles. The van der Waals surface area contributed by atoms with Gasteiger partial charge in [-0.15, -0.1) is 0 Å². The van der Waals surface area contributed by atoms with Crippen molar-refractivity contribution in [1.29, 1.82) is 0 Å². The molecule has 0 spiro atoms. The summed E-state index contributed by atoms with van der Waals surface area (Å²) in [4.78, 5) is 38.3. The Morgan fingerprint density at radius 2 is 1.68 bits per heavy atom. The zero-order chi connectivity index (χ0) is 24.2. The van der Waals surface area contributed by atoms with Crippen LogP contribution in [0.4, 0.5) is 19.3 Å². The molecule has 0 atom stereocenters. The minimum absolute atomic E-state index is 0.101. The van der Waals surface area contributed by atoms with E-state index in [2.05, 4.69) is 5.32 Å². The van der Waals surface area contributed by atoms with Gasteiger partial charge in [0.25, 0.3) is 11.8 Å². The molecule has 0 aliphatic carbocycles. The third kappa shape index (κ3) is 4.78. The van der Waals surface area contributed by atoms with Crippen molar-refractivity contribution in [2.75, 3.05) is 12.0 Å². The Morgan fingerprint density at radius 3 is 2.38 bits per heavy atom. The second-order valence-electron chi connectivity index (χ2n) is 7.26. The molecule has 1 aliphatic rings. The average molecular weight is 464 g/mol. The monoisotopic (exact) mass is 464 g/mol. The molecular formula is C25H18F2N2O5. The zero-order valence-electron chi connectivity index (χ0n) is 17.9. The number of urea groups is 1. The molecule has 1 aliphatic heterocycles. The number of halogens is 2. The molecule has 172 valence electrons. The summed E-state index contributed by atoms with van der Waals surface area (Å²) in [6, 6.07) is 14.5. The van der Waals surface area contributed by atoms with Gasteiger partial charge in [0.05, 0.1) is 12.8 Å².